The van der Waals surface area contributed by atoms with Crippen LogP contribution in [0.4, 0.5) is 0 Å². The second-order valence-corrected chi connectivity index (χ2v) is 6.14. The zero-order valence-corrected chi connectivity index (χ0v) is 12.2. The first-order valence-corrected chi connectivity index (χ1v) is 6.80. The summed E-state index contributed by atoms with van der Waals surface area (Å²) in [5, 5.41) is 3.73. The van der Waals surface area contributed by atoms with E-state index in [4.69, 9.17) is 4.74 Å². The van der Waals surface area contributed by atoms with E-state index >= 15 is 0 Å². The molecule has 1 saturated carbocycles. The molecule has 0 amide bonds. The third kappa shape index (κ3) is 2.45. The van der Waals surface area contributed by atoms with E-state index in [2.05, 4.69) is 57.3 Å². The molecule has 1 N–H and O–H groups in total. The minimum absolute atomic E-state index is 0.229. The molecule has 0 heterocycles. The molecule has 2 nitrogen and oxygen atoms in total. The predicted octanol–water partition coefficient (Wildman–Crippen LogP) is 3.46. The van der Waals surface area contributed by atoms with Crippen molar-refractivity contribution in [2.45, 2.75) is 52.3 Å². The van der Waals surface area contributed by atoms with Crippen molar-refractivity contribution in [3.8, 4) is 0 Å². The standard InChI is InChI=1S/C16H25NO/c1-11-7-6-8-13(9-11)12(2)17-14-10-15(18-5)16(14,3)4/h6-9,12,14-15,17H,10H2,1-5H3. The summed E-state index contributed by atoms with van der Waals surface area (Å²) in [6.07, 6.45) is 1.50. The molecule has 1 fully saturated rings. The molecule has 1 aromatic rings. The fourth-order valence-electron chi connectivity index (χ4n) is 2.91. The van der Waals surface area contributed by atoms with Crippen molar-refractivity contribution in [3.05, 3.63) is 35.4 Å². The minimum atomic E-state index is 0.229. The van der Waals surface area contributed by atoms with Crippen LogP contribution in [0.3, 0.4) is 0 Å². The van der Waals surface area contributed by atoms with Gasteiger partial charge in [-0.2, -0.15) is 0 Å². The largest absolute Gasteiger partial charge is 0.381 e. The molecular weight excluding hydrogens is 222 g/mol. The fourth-order valence-corrected chi connectivity index (χ4v) is 2.91. The molecule has 0 radical (unpaired) electrons. The quantitative estimate of drug-likeness (QED) is 0.879. The van der Waals surface area contributed by atoms with Crippen molar-refractivity contribution < 1.29 is 4.74 Å². The zero-order valence-electron chi connectivity index (χ0n) is 12.2. The lowest BCUT2D eigenvalue weighted by molar-refractivity contribution is -0.0999. The van der Waals surface area contributed by atoms with Crippen molar-refractivity contribution in [3.63, 3.8) is 0 Å². The van der Waals surface area contributed by atoms with Crippen molar-refractivity contribution in [2.75, 3.05) is 7.11 Å². The van der Waals surface area contributed by atoms with Gasteiger partial charge in [0.25, 0.3) is 0 Å². The summed E-state index contributed by atoms with van der Waals surface area (Å²) in [6.45, 7) is 8.95. The third-order valence-electron chi connectivity index (χ3n) is 4.46. The van der Waals surface area contributed by atoms with Crippen LogP contribution in [0.25, 0.3) is 0 Å². The maximum absolute atomic E-state index is 5.50. The summed E-state index contributed by atoms with van der Waals surface area (Å²) in [6, 6.07) is 9.67. The molecule has 2 rings (SSSR count). The number of methoxy groups -OCH3 is 1. The maximum Gasteiger partial charge on any atom is 0.0652 e. The van der Waals surface area contributed by atoms with Crippen molar-refractivity contribution in [1.82, 2.24) is 5.32 Å². The molecule has 2 heteroatoms. The lowest BCUT2D eigenvalue weighted by Gasteiger charge is -2.52. The van der Waals surface area contributed by atoms with Gasteiger partial charge in [-0.05, 0) is 25.8 Å². The van der Waals surface area contributed by atoms with Gasteiger partial charge in [-0.15, -0.1) is 0 Å². The Bertz CT molecular complexity index is 413. The first-order chi connectivity index (χ1) is 8.45. The Labute approximate surface area is 111 Å². The molecule has 0 bridgehead atoms. The summed E-state index contributed by atoms with van der Waals surface area (Å²) >= 11 is 0. The van der Waals surface area contributed by atoms with Crippen molar-refractivity contribution >= 4 is 0 Å². The predicted molar refractivity (Wildman–Crippen MR) is 75.7 cm³/mol. The van der Waals surface area contributed by atoms with Crippen LogP contribution >= 0.6 is 0 Å². The normalized spacial score (nSPS) is 27.6. The topological polar surface area (TPSA) is 21.3 Å². The number of nitrogens with one attached hydrogen (secondary N) is 1. The molecular formula is C16H25NO. The van der Waals surface area contributed by atoms with Gasteiger partial charge in [-0.25, -0.2) is 0 Å². The SMILES string of the molecule is COC1CC(NC(C)c2cccc(C)c2)C1(C)C. The molecule has 0 saturated heterocycles. The van der Waals surface area contributed by atoms with Crippen LogP contribution < -0.4 is 5.32 Å². The Morgan fingerprint density at radius 1 is 1.39 bits per heavy atom. The first-order valence-electron chi connectivity index (χ1n) is 6.80. The molecule has 0 aromatic heterocycles. The van der Waals surface area contributed by atoms with Gasteiger partial charge in [0.15, 0.2) is 0 Å². The molecule has 100 valence electrons. The number of rotatable bonds is 4. The number of benzene rings is 1. The number of hydrogen-bond acceptors (Lipinski definition) is 2. The van der Waals surface area contributed by atoms with E-state index in [1.54, 1.807) is 0 Å². The van der Waals surface area contributed by atoms with Gasteiger partial charge in [-0.3, -0.25) is 0 Å². The van der Waals surface area contributed by atoms with Crippen LogP contribution in [-0.2, 0) is 4.74 Å². The molecule has 0 spiro atoms. The van der Waals surface area contributed by atoms with Gasteiger partial charge < -0.3 is 10.1 Å². The van der Waals surface area contributed by atoms with Crippen LogP contribution in [0.2, 0.25) is 0 Å². The zero-order chi connectivity index (χ0) is 13.3. The van der Waals surface area contributed by atoms with E-state index in [0.717, 1.165) is 6.42 Å². The summed E-state index contributed by atoms with van der Waals surface area (Å²) in [4.78, 5) is 0. The van der Waals surface area contributed by atoms with Crippen LogP contribution in [0.1, 0.15) is 44.4 Å². The van der Waals surface area contributed by atoms with E-state index in [1.807, 2.05) is 7.11 Å². The van der Waals surface area contributed by atoms with Gasteiger partial charge in [0.05, 0.1) is 6.10 Å². The first kappa shape index (κ1) is 13.6. The average molecular weight is 247 g/mol. The van der Waals surface area contributed by atoms with Crippen LogP contribution in [0.5, 0.6) is 0 Å². The van der Waals surface area contributed by atoms with Gasteiger partial charge in [0.2, 0.25) is 0 Å². The molecule has 3 unspecified atom stereocenters. The molecule has 18 heavy (non-hydrogen) atoms. The Morgan fingerprint density at radius 3 is 2.67 bits per heavy atom. The van der Waals surface area contributed by atoms with Crippen LogP contribution in [0.15, 0.2) is 24.3 Å². The highest BCUT2D eigenvalue weighted by Crippen LogP contribution is 2.43. The van der Waals surface area contributed by atoms with E-state index in [0.29, 0.717) is 18.2 Å². The highest BCUT2D eigenvalue weighted by atomic mass is 16.5. The summed E-state index contributed by atoms with van der Waals surface area (Å²) < 4.78 is 5.50. The monoisotopic (exact) mass is 247 g/mol. The fraction of sp³-hybridized carbons (Fsp3) is 0.625. The second kappa shape index (κ2) is 5.02. The van der Waals surface area contributed by atoms with Crippen LogP contribution in [0, 0.1) is 12.3 Å². The van der Waals surface area contributed by atoms with Crippen LogP contribution in [-0.4, -0.2) is 19.3 Å². The molecule has 3 atom stereocenters. The van der Waals surface area contributed by atoms with Gasteiger partial charge >= 0.3 is 0 Å². The van der Waals surface area contributed by atoms with E-state index in [-0.39, 0.29) is 5.41 Å². The number of hydrogen-bond donors (Lipinski definition) is 1. The smallest absolute Gasteiger partial charge is 0.0652 e. The lowest BCUT2D eigenvalue weighted by atomic mass is 9.64. The van der Waals surface area contributed by atoms with Crippen molar-refractivity contribution in [2.24, 2.45) is 5.41 Å². The molecule has 0 aliphatic heterocycles. The second-order valence-electron chi connectivity index (χ2n) is 6.14. The summed E-state index contributed by atoms with van der Waals surface area (Å²) in [7, 11) is 1.81. The van der Waals surface area contributed by atoms with E-state index < -0.39 is 0 Å². The van der Waals surface area contributed by atoms with Gasteiger partial charge in [0, 0.05) is 24.6 Å². The molecule has 1 aromatic carbocycles. The summed E-state index contributed by atoms with van der Waals surface area (Å²) in [5.41, 5.74) is 2.92. The molecule has 1 aliphatic rings. The Kier molecular flexibility index (Phi) is 3.79. The Balaban J connectivity index is 1.99. The van der Waals surface area contributed by atoms with Gasteiger partial charge in [0.1, 0.15) is 0 Å². The summed E-state index contributed by atoms with van der Waals surface area (Å²) in [5.74, 6) is 0. The Hall–Kier alpha value is -0.860. The maximum atomic E-state index is 5.50. The lowest BCUT2D eigenvalue weighted by Crippen LogP contribution is -2.60. The van der Waals surface area contributed by atoms with Crippen molar-refractivity contribution in [1.29, 1.82) is 0 Å². The minimum Gasteiger partial charge on any atom is -0.381 e. The Morgan fingerprint density at radius 2 is 2.11 bits per heavy atom. The van der Waals surface area contributed by atoms with E-state index in [1.165, 1.54) is 11.1 Å². The third-order valence-corrected chi connectivity index (χ3v) is 4.46. The van der Waals surface area contributed by atoms with E-state index in [9.17, 15) is 0 Å². The molecule has 1 aliphatic carbocycles. The number of ether oxygens (including phenoxy) is 1. The highest BCUT2D eigenvalue weighted by Gasteiger charge is 2.48. The number of aryl methyl sites for hydroxylation is 1. The van der Waals surface area contributed by atoms with Gasteiger partial charge in [-0.1, -0.05) is 43.7 Å². The average Bonchev–Trinajstić information content (AvgIpc) is 2.33. The highest BCUT2D eigenvalue weighted by molar-refractivity contribution is 5.25.